The van der Waals surface area contributed by atoms with Gasteiger partial charge in [-0.2, -0.15) is 0 Å². The first kappa shape index (κ1) is 26.3. The van der Waals surface area contributed by atoms with Gasteiger partial charge < -0.3 is 20.7 Å². The zero-order valence-electron chi connectivity index (χ0n) is 20.5. The molecule has 0 spiro atoms. The van der Waals surface area contributed by atoms with E-state index < -0.39 is 0 Å². The summed E-state index contributed by atoms with van der Waals surface area (Å²) >= 11 is 12.1. The quantitative estimate of drug-likeness (QED) is 0.256. The molecule has 190 valence electrons. The molecule has 1 aliphatic carbocycles. The zero-order valence-corrected chi connectivity index (χ0v) is 22.0. The third kappa shape index (κ3) is 7.39. The van der Waals surface area contributed by atoms with Crippen molar-refractivity contribution >= 4 is 34.9 Å². The molecule has 1 unspecified atom stereocenters. The number of benzene rings is 3. The summed E-state index contributed by atoms with van der Waals surface area (Å²) in [5, 5.41) is 10.5. The number of amides is 2. The topological polar surface area (TPSA) is 62.4 Å². The van der Waals surface area contributed by atoms with Gasteiger partial charge in [-0.05, 0) is 61.2 Å². The minimum atomic E-state index is -0.289. The number of methoxy groups -OCH3 is 1. The number of rotatable bonds is 10. The highest BCUT2D eigenvalue weighted by Gasteiger charge is 2.18. The molecule has 0 heterocycles. The Hall–Kier alpha value is -2.73. The van der Waals surface area contributed by atoms with Crippen molar-refractivity contribution in [3.8, 4) is 16.9 Å². The van der Waals surface area contributed by atoms with Gasteiger partial charge in [0.25, 0.3) is 0 Å². The predicted octanol–water partition coefficient (Wildman–Crippen LogP) is 7.50. The van der Waals surface area contributed by atoms with E-state index in [0.717, 1.165) is 29.8 Å². The van der Waals surface area contributed by atoms with Crippen LogP contribution in [0.5, 0.6) is 5.75 Å². The van der Waals surface area contributed by atoms with Crippen LogP contribution in [0.1, 0.15) is 43.6 Å². The van der Waals surface area contributed by atoms with Crippen LogP contribution in [-0.4, -0.2) is 32.3 Å². The number of nitrogens with one attached hydrogen (secondary N) is 3. The van der Waals surface area contributed by atoms with Crippen molar-refractivity contribution in [2.24, 2.45) is 0 Å². The lowest BCUT2D eigenvalue weighted by Crippen LogP contribution is -2.34. The van der Waals surface area contributed by atoms with Gasteiger partial charge in [-0.1, -0.05) is 78.5 Å². The monoisotopic (exact) mass is 525 g/mol. The molecule has 4 rings (SSSR count). The van der Waals surface area contributed by atoms with E-state index in [9.17, 15) is 4.79 Å². The van der Waals surface area contributed by atoms with Gasteiger partial charge in [0, 0.05) is 39.8 Å². The first-order valence-corrected chi connectivity index (χ1v) is 13.2. The molecule has 1 atom stereocenters. The molecule has 36 heavy (non-hydrogen) atoms. The van der Waals surface area contributed by atoms with Crippen molar-refractivity contribution in [2.45, 2.75) is 44.1 Å². The molecule has 0 bridgehead atoms. The fraction of sp³-hybridized carbons (Fsp3) is 0.345. The standard InChI is InChI=1S/C29H33Cl2N3O2/c1-36-28-12-5-4-11-27(28)21-8-6-7-20(15-21)22(13-14-32-25-9-2-3-10-25)19-33-29(35)34-26-17-23(30)16-24(31)18-26/h4-8,11-12,15-18,22,25,32H,2-3,9-10,13-14,19H2,1H3,(H2,33,34,35). The molecule has 1 fully saturated rings. The van der Waals surface area contributed by atoms with E-state index in [0.29, 0.717) is 28.3 Å². The van der Waals surface area contributed by atoms with Crippen LogP contribution in [0.4, 0.5) is 10.5 Å². The largest absolute Gasteiger partial charge is 0.496 e. The molecule has 0 saturated heterocycles. The maximum atomic E-state index is 12.7. The molecule has 3 N–H and O–H groups in total. The highest BCUT2D eigenvalue weighted by molar-refractivity contribution is 6.35. The number of para-hydroxylation sites is 1. The average Bonchev–Trinajstić information content (AvgIpc) is 3.39. The van der Waals surface area contributed by atoms with E-state index in [4.69, 9.17) is 27.9 Å². The van der Waals surface area contributed by atoms with Crippen LogP contribution in [0.2, 0.25) is 10.0 Å². The highest BCUT2D eigenvalue weighted by atomic mass is 35.5. The zero-order chi connectivity index (χ0) is 25.3. The predicted molar refractivity (Wildman–Crippen MR) is 150 cm³/mol. The summed E-state index contributed by atoms with van der Waals surface area (Å²) < 4.78 is 5.58. The lowest BCUT2D eigenvalue weighted by molar-refractivity contribution is 0.251. The molecule has 5 nitrogen and oxygen atoms in total. The Morgan fingerprint density at radius 3 is 2.50 bits per heavy atom. The van der Waals surface area contributed by atoms with Crippen LogP contribution in [0.25, 0.3) is 11.1 Å². The number of halogens is 2. The summed E-state index contributed by atoms with van der Waals surface area (Å²) in [4.78, 5) is 12.7. The average molecular weight is 527 g/mol. The number of ether oxygens (including phenoxy) is 1. The summed E-state index contributed by atoms with van der Waals surface area (Å²) in [5.41, 5.74) is 3.88. The summed E-state index contributed by atoms with van der Waals surface area (Å²) in [6.07, 6.45) is 6.01. The third-order valence-electron chi connectivity index (χ3n) is 6.69. The molecule has 0 aliphatic heterocycles. The molecule has 1 aliphatic rings. The third-order valence-corrected chi connectivity index (χ3v) is 7.12. The number of hydrogen-bond acceptors (Lipinski definition) is 3. The van der Waals surface area contributed by atoms with E-state index >= 15 is 0 Å². The normalized spacial score (nSPS) is 14.4. The SMILES string of the molecule is COc1ccccc1-c1cccc(C(CCNC2CCCC2)CNC(=O)Nc2cc(Cl)cc(Cl)c2)c1. The van der Waals surface area contributed by atoms with Gasteiger partial charge in [0.1, 0.15) is 5.75 Å². The van der Waals surface area contributed by atoms with E-state index in [1.807, 2.05) is 18.2 Å². The Balaban J connectivity index is 1.47. The van der Waals surface area contributed by atoms with Crippen molar-refractivity contribution in [3.63, 3.8) is 0 Å². The number of urea groups is 1. The molecule has 7 heteroatoms. The Kier molecular flexibility index (Phi) is 9.51. The molecule has 3 aromatic rings. The van der Waals surface area contributed by atoms with Gasteiger partial charge >= 0.3 is 6.03 Å². The Morgan fingerprint density at radius 2 is 1.75 bits per heavy atom. The summed E-state index contributed by atoms with van der Waals surface area (Å²) in [5.74, 6) is 0.981. The number of anilines is 1. The van der Waals surface area contributed by atoms with Crippen LogP contribution >= 0.6 is 23.2 Å². The lowest BCUT2D eigenvalue weighted by atomic mass is 9.92. The molecule has 0 radical (unpaired) electrons. The van der Waals surface area contributed by atoms with Crippen LogP contribution in [0, 0.1) is 0 Å². The van der Waals surface area contributed by atoms with Crippen molar-refractivity contribution in [2.75, 3.05) is 25.5 Å². The number of carbonyl (C=O) groups excluding carboxylic acids is 1. The molecule has 0 aromatic heterocycles. The van der Waals surface area contributed by atoms with Gasteiger partial charge in [0.15, 0.2) is 0 Å². The van der Waals surface area contributed by atoms with Crippen molar-refractivity contribution in [1.82, 2.24) is 10.6 Å². The fourth-order valence-corrected chi connectivity index (χ4v) is 5.36. The van der Waals surface area contributed by atoms with Crippen LogP contribution in [0.15, 0.2) is 66.7 Å². The van der Waals surface area contributed by atoms with Gasteiger partial charge in [0.2, 0.25) is 0 Å². The van der Waals surface area contributed by atoms with Gasteiger partial charge in [-0.3, -0.25) is 0 Å². The Bertz CT molecular complexity index is 1140. The Labute approximate surface area is 223 Å². The number of hydrogen-bond donors (Lipinski definition) is 3. The van der Waals surface area contributed by atoms with Crippen molar-refractivity contribution < 1.29 is 9.53 Å². The van der Waals surface area contributed by atoms with E-state index in [1.54, 1.807) is 25.3 Å². The summed E-state index contributed by atoms with van der Waals surface area (Å²) in [6, 6.07) is 21.8. The highest BCUT2D eigenvalue weighted by Crippen LogP contribution is 2.32. The first-order chi connectivity index (χ1) is 17.5. The minimum Gasteiger partial charge on any atom is -0.496 e. The second kappa shape index (κ2) is 13.0. The lowest BCUT2D eigenvalue weighted by Gasteiger charge is -2.21. The second-order valence-corrected chi connectivity index (χ2v) is 10.1. The van der Waals surface area contributed by atoms with Gasteiger partial charge in [-0.15, -0.1) is 0 Å². The fourth-order valence-electron chi connectivity index (χ4n) is 4.84. The van der Waals surface area contributed by atoms with Crippen LogP contribution in [0.3, 0.4) is 0 Å². The van der Waals surface area contributed by atoms with Gasteiger partial charge in [-0.25, -0.2) is 4.79 Å². The maximum Gasteiger partial charge on any atom is 0.319 e. The van der Waals surface area contributed by atoms with E-state index in [2.05, 4.69) is 46.3 Å². The molecule has 3 aromatic carbocycles. The summed E-state index contributed by atoms with van der Waals surface area (Å²) in [6.45, 7) is 1.41. The van der Waals surface area contributed by atoms with Crippen LogP contribution in [-0.2, 0) is 0 Å². The minimum absolute atomic E-state index is 0.141. The number of carbonyl (C=O) groups is 1. The molecule has 1 saturated carbocycles. The van der Waals surface area contributed by atoms with E-state index in [1.165, 1.54) is 31.2 Å². The first-order valence-electron chi connectivity index (χ1n) is 12.5. The Morgan fingerprint density at radius 1 is 1.00 bits per heavy atom. The van der Waals surface area contributed by atoms with E-state index in [-0.39, 0.29) is 11.9 Å². The molecular weight excluding hydrogens is 493 g/mol. The molecule has 2 amide bonds. The smallest absolute Gasteiger partial charge is 0.319 e. The van der Waals surface area contributed by atoms with Gasteiger partial charge in [0.05, 0.1) is 7.11 Å². The van der Waals surface area contributed by atoms with Crippen LogP contribution < -0.4 is 20.7 Å². The van der Waals surface area contributed by atoms with Crippen molar-refractivity contribution in [1.29, 1.82) is 0 Å². The maximum absolute atomic E-state index is 12.7. The second-order valence-electron chi connectivity index (χ2n) is 9.24. The summed E-state index contributed by atoms with van der Waals surface area (Å²) in [7, 11) is 1.69. The molecular formula is C29H33Cl2N3O2. The van der Waals surface area contributed by atoms with Crippen molar-refractivity contribution in [3.05, 3.63) is 82.3 Å².